The van der Waals surface area contributed by atoms with Crippen LogP contribution in [-0.4, -0.2) is 31.2 Å². The van der Waals surface area contributed by atoms with Crippen LogP contribution in [0.4, 0.5) is 14.6 Å². The molecule has 0 spiro atoms. The van der Waals surface area contributed by atoms with E-state index >= 15 is 0 Å². The molecule has 2 heterocycles. The van der Waals surface area contributed by atoms with Crippen LogP contribution >= 0.6 is 0 Å². The zero-order valence-electron chi connectivity index (χ0n) is 8.37. The van der Waals surface area contributed by atoms with Crippen molar-refractivity contribution in [2.24, 2.45) is 0 Å². The molecule has 0 aliphatic carbocycles. The van der Waals surface area contributed by atoms with Crippen LogP contribution in [0.1, 0.15) is 12.0 Å². The monoisotopic (exact) mass is 214 g/mol. The largest absolute Gasteiger partial charge is 0.345 e. The van der Waals surface area contributed by atoms with Gasteiger partial charge in [-0.1, -0.05) is 0 Å². The number of rotatable bonds is 2. The summed E-state index contributed by atoms with van der Waals surface area (Å²) >= 11 is 0. The minimum absolute atomic E-state index is 0.0117. The lowest BCUT2D eigenvalue weighted by molar-refractivity contribution is -0.655. The van der Waals surface area contributed by atoms with E-state index in [0.717, 1.165) is 32.0 Å². The second-order valence-electron chi connectivity index (χ2n) is 3.60. The summed E-state index contributed by atoms with van der Waals surface area (Å²) in [5, 5.41) is 2.24. The third kappa shape index (κ3) is 2.41. The smallest absolute Gasteiger partial charge is 0.265 e. The molecule has 0 radical (unpaired) electrons. The van der Waals surface area contributed by atoms with Gasteiger partial charge >= 0.3 is 0 Å². The van der Waals surface area contributed by atoms with E-state index in [0.29, 0.717) is 0 Å². The molecule has 5 heteroatoms. The van der Waals surface area contributed by atoms with Crippen molar-refractivity contribution in [1.82, 2.24) is 4.98 Å². The summed E-state index contributed by atoms with van der Waals surface area (Å²) in [5.74, 6) is 0.799. The average Bonchev–Trinajstić information content (AvgIpc) is 2.30. The maximum atomic E-state index is 12.3. The van der Waals surface area contributed by atoms with Gasteiger partial charge in [0.15, 0.2) is 0 Å². The molecule has 3 nitrogen and oxygen atoms in total. The zero-order valence-corrected chi connectivity index (χ0v) is 8.37. The van der Waals surface area contributed by atoms with Gasteiger partial charge in [0, 0.05) is 11.8 Å². The van der Waals surface area contributed by atoms with Gasteiger partial charge in [-0.05, 0) is 12.1 Å². The normalized spacial score (nSPS) is 17.1. The molecule has 1 fully saturated rings. The number of nitrogens with zero attached hydrogens (tertiary/aromatic N) is 2. The number of piperazine rings is 1. The van der Waals surface area contributed by atoms with E-state index in [9.17, 15) is 8.78 Å². The van der Waals surface area contributed by atoms with E-state index in [1.807, 2.05) is 0 Å². The van der Waals surface area contributed by atoms with Gasteiger partial charge in [-0.2, -0.15) is 0 Å². The molecule has 15 heavy (non-hydrogen) atoms. The molecule has 0 bridgehead atoms. The van der Waals surface area contributed by atoms with Crippen LogP contribution < -0.4 is 10.2 Å². The average molecular weight is 214 g/mol. The Morgan fingerprint density at radius 3 is 2.53 bits per heavy atom. The summed E-state index contributed by atoms with van der Waals surface area (Å²) in [7, 11) is 0. The van der Waals surface area contributed by atoms with Gasteiger partial charge in [-0.3, -0.25) is 0 Å². The lowest BCUT2D eigenvalue weighted by atomic mass is 10.3. The highest BCUT2D eigenvalue weighted by molar-refractivity contribution is 5.39. The molecule has 1 saturated heterocycles. The van der Waals surface area contributed by atoms with E-state index in [2.05, 4.69) is 15.2 Å². The standard InChI is InChI=1S/C10H13F2N3/c11-10(12)8-1-2-9(14-7-8)15-5-3-13-4-6-15/h1-2,7,10,13H,3-6H2/p+1. The first-order valence-electron chi connectivity index (χ1n) is 5.08. The third-order valence-corrected chi connectivity index (χ3v) is 2.55. The first kappa shape index (κ1) is 10.3. The van der Waals surface area contributed by atoms with Gasteiger partial charge in [0.05, 0.1) is 26.2 Å². The number of hydrogen-bond acceptors (Lipinski definition) is 2. The molecule has 0 atom stereocenters. The lowest BCUT2D eigenvalue weighted by Crippen LogP contribution is -2.89. The summed E-state index contributed by atoms with van der Waals surface area (Å²) < 4.78 is 24.6. The second kappa shape index (κ2) is 4.53. The van der Waals surface area contributed by atoms with Crippen molar-refractivity contribution in [3.63, 3.8) is 0 Å². The molecule has 1 aromatic heterocycles. The number of alkyl halides is 2. The second-order valence-corrected chi connectivity index (χ2v) is 3.60. The fraction of sp³-hybridized carbons (Fsp3) is 0.500. The quantitative estimate of drug-likeness (QED) is 0.773. The van der Waals surface area contributed by atoms with Crippen molar-refractivity contribution >= 4 is 5.82 Å². The van der Waals surface area contributed by atoms with E-state index in [1.54, 1.807) is 6.07 Å². The summed E-state index contributed by atoms with van der Waals surface area (Å²) in [6, 6.07) is 3.12. The van der Waals surface area contributed by atoms with Crippen LogP contribution in [0, 0.1) is 0 Å². The Kier molecular flexibility index (Phi) is 3.11. The van der Waals surface area contributed by atoms with Gasteiger partial charge in [-0.25, -0.2) is 13.8 Å². The summed E-state index contributed by atoms with van der Waals surface area (Å²) in [5.41, 5.74) is -0.0117. The Balaban J connectivity index is 2.08. The highest BCUT2D eigenvalue weighted by Crippen LogP contribution is 2.19. The summed E-state index contributed by atoms with van der Waals surface area (Å²) in [4.78, 5) is 6.18. The SMILES string of the molecule is FC(F)c1ccc(N2CC[NH2+]CC2)nc1. The molecule has 0 amide bonds. The predicted octanol–water partition coefficient (Wildman–Crippen LogP) is 0.403. The maximum absolute atomic E-state index is 12.3. The number of quaternary nitrogens is 1. The Bertz CT molecular complexity index is 307. The molecule has 1 aromatic rings. The fourth-order valence-corrected chi connectivity index (χ4v) is 1.69. The Hall–Kier alpha value is -1.23. The van der Waals surface area contributed by atoms with E-state index < -0.39 is 6.43 Å². The number of halogens is 2. The van der Waals surface area contributed by atoms with Crippen LogP contribution in [0.15, 0.2) is 18.3 Å². The summed E-state index contributed by atoms with van der Waals surface area (Å²) in [6.45, 7) is 3.94. The topological polar surface area (TPSA) is 32.7 Å². The molecule has 2 N–H and O–H groups in total. The molecule has 1 aliphatic rings. The van der Waals surface area contributed by atoms with Crippen molar-refractivity contribution in [2.75, 3.05) is 31.1 Å². The number of pyridine rings is 1. The van der Waals surface area contributed by atoms with Crippen molar-refractivity contribution < 1.29 is 14.1 Å². The Morgan fingerprint density at radius 2 is 2.00 bits per heavy atom. The summed E-state index contributed by atoms with van der Waals surface area (Å²) in [6.07, 6.45) is -1.17. The van der Waals surface area contributed by atoms with E-state index in [4.69, 9.17) is 0 Å². The lowest BCUT2D eigenvalue weighted by Gasteiger charge is -2.26. The molecule has 0 unspecified atom stereocenters. The van der Waals surface area contributed by atoms with Gasteiger partial charge in [0.2, 0.25) is 0 Å². The number of aromatic nitrogens is 1. The Labute approximate surface area is 87.1 Å². The molecule has 82 valence electrons. The third-order valence-electron chi connectivity index (χ3n) is 2.55. The number of hydrogen-bond donors (Lipinski definition) is 1. The Morgan fingerprint density at radius 1 is 1.27 bits per heavy atom. The predicted molar refractivity (Wildman–Crippen MR) is 53.1 cm³/mol. The minimum Gasteiger partial charge on any atom is -0.345 e. The van der Waals surface area contributed by atoms with Crippen molar-refractivity contribution in [2.45, 2.75) is 6.43 Å². The highest BCUT2D eigenvalue weighted by atomic mass is 19.3. The molecule has 2 rings (SSSR count). The van der Waals surface area contributed by atoms with Gasteiger partial charge in [-0.15, -0.1) is 0 Å². The first-order chi connectivity index (χ1) is 7.27. The van der Waals surface area contributed by atoms with Gasteiger partial charge in [0.1, 0.15) is 5.82 Å². The van der Waals surface area contributed by atoms with E-state index in [1.165, 1.54) is 12.3 Å². The zero-order chi connectivity index (χ0) is 10.7. The van der Waals surface area contributed by atoms with Crippen LogP contribution in [0.2, 0.25) is 0 Å². The van der Waals surface area contributed by atoms with Crippen LogP contribution in [0.5, 0.6) is 0 Å². The first-order valence-corrected chi connectivity index (χ1v) is 5.08. The number of nitrogens with two attached hydrogens (primary N) is 1. The van der Waals surface area contributed by atoms with Crippen molar-refractivity contribution in [3.05, 3.63) is 23.9 Å². The number of anilines is 1. The van der Waals surface area contributed by atoms with Crippen LogP contribution in [-0.2, 0) is 0 Å². The molecular formula is C10H14F2N3+. The fourth-order valence-electron chi connectivity index (χ4n) is 1.69. The molecule has 0 aromatic carbocycles. The highest BCUT2D eigenvalue weighted by Gasteiger charge is 2.14. The van der Waals surface area contributed by atoms with E-state index in [-0.39, 0.29) is 5.56 Å². The van der Waals surface area contributed by atoms with Crippen LogP contribution in [0.3, 0.4) is 0 Å². The van der Waals surface area contributed by atoms with Gasteiger partial charge < -0.3 is 10.2 Å². The maximum Gasteiger partial charge on any atom is 0.265 e. The minimum atomic E-state index is -2.43. The molecule has 0 saturated carbocycles. The van der Waals surface area contributed by atoms with Crippen LogP contribution in [0.25, 0.3) is 0 Å². The molecule has 1 aliphatic heterocycles. The van der Waals surface area contributed by atoms with Crippen molar-refractivity contribution in [3.8, 4) is 0 Å². The molecular weight excluding hydrogens is 200 g/mol. The van der Waals surface area contributed by atoms with Gasteiger partial charge in [0.25, 0.3) is 6.43 Å². The van der Waals surface area contributed by atoms with Crippen molar-refractivity contribution in [1.29, 1.82) is 0 Å².